The number of anilines is 2. The van der Waals surface area contributed by atoms with Crippen LogP contribution in [0.1, 0.15) is 63.7 Å². The third-order valence-electron chi connectivity index (χ3n) is 10.8. The Labute approximate surface area is 316 Å². The molecule has 3 aromatic rings. The molecule has 4 heterocycles. The molecule has 1 aromatic heterocycles. The van der Waals surface area contributed by atoms with Gasteiger partial charge in [-0.25, -0.2) is 27.2 Å². The molecule has 3 aliphatic rings. The Morgan fingerprint density at radius 3 is 2.33 bits per heavy atom. The number of nitrogens with zero attached hydrogens (tertiary/aromatic N) is 6. The van der Waals surface area contributed by atoms with Crippen LogP contribution in [-0.4, -0.2) is 102 Å². The maximum atomic E-state index is 14.6. The smallest absolute Gasteiger partial charge is 0.258 e. The van der Waals surface area contributed by atoms with E-state index in [1.54, 1.807) is 11.1 Å². The van der Waals surface area contributed by atoms with Crippen molar-refractivity contribution in [3.8, 4) is 11.5 Å². The first kappa shape index (κ1) is 39.2. The number of amides is 2. The zero-order chi connectivity index (χ0) is 38.8. The summed E-state index contributed by atoms with van der Waals surface area (Å²) in [6.45, 7) is 16.1. The third-order valence-corrected chi connectivity index (χ3v) is 12.7. The predicted octanol–water partition coefficient (Wildman–Crippen LogP) is 5.93. The fourth-order valence-electron chi connectivity index (χ4n) is 7.93. The molecule has 1 N–H and O–H groups in total. The summed E-state index contributed by atoms with van der Waals surface area (Å²) in [6.07, 6.45) is 7.53. The maximum absolute atomic E-state index is 14.6. The number of carbonyl (C=O) groups excluding carboxylic acids is 2. The lowest BCUT2D eigenvalue weighted by Crippen LogP contribution is -2.61. The minimum absolute atomic E-state index is 0.0886. The number of piperidine rings is 2. The van der Waals surface area contributed by atoms with Crippen molar-refractivity contribution in [3.05, 3.63) is 78.8 Å². The first-order valence-electron chi connectivity index (χ1n) is 18.5. The molecule has 0 radical (unpaired) electrons. The molecule has 2 aromatic carbocycles. The quantitative estimate of drug-likeness (QED) is 0.223. The highest BCUT2D eigenvalue weighted by Crippen LogP contribution is 2.45. The topological polar surface area (TPSA) is 128 Å². The lowest BCUT2D eigenvalue weighted by atomic mass is 9.72. The maximum Gasteiger partial charge on any atom is 0.258 e. The van der Waals surface area contributed by atoms with Gasteiger partial charge in [0.25, 0.3) is 5.91 Å². The first-order chi connectivity index (χ1) is 25.7. The van der Waals surface area contributed by atoms with Gasteiger partial charge in [-0.05, 0) is 115 Å². The number of hydrogen-bond acceptors (Lipinski definition) is 9. The average molecular weight is 766 g/mol. The highest BCUT2D eigenvalue weighted by molar-refractivity contribution is 7.89. The van der Waals surface area contributed by atoms with Crippen molar-refractivity contribution in [3.63, 3.8) is 0 Å². The van der Waals surface area contributed by atoms with E-state index in [9.17, 15) is 26.8 Å². The Morgan fingerprint density at radius 2 is 1.70 bits per heavy atom. The van der Waals surface area contributed by atoms with Crippen molar-refractivity contribution in [1.29, 1.82) is 0 Å². The summed E-state index contributed by atoms with van der Waals surface area (Å²) in [5.41, 5.74) is 0.180. The van der Waals surface area contributed by atoms with Crippen LogP contribution in [0.25, 0.3) is 0 Å². The van der Waals surface area contributed by atoms with Crippen LogP contribution >= 0.6 is 0 Å². The van der Waals surface area contributed by atoms with Crippen LogP contribution in [0.4, 0.5) is 20.3 Å². The number of likely N-dealkylation sites (tertiary alicyclic amines) is 1. The van der Waals surface area contributed by atoms with E-state index in [4.69, 9.17) is 4.74 Å². The molecule has 0 aliphatic carbocycles. The second kappa shape index (κ2) is 16.1. The highest BCUT2D eigenvalue weighted by atomic mass is 32.2. The third kappa shape index (κ3) is 8.42. The molecule has 0 saturated carbocycles. The van der Waals surface area contributed by atoms with Gasteiger partial charge in [-0.1, -0.05) is 6.58 Å². The van der Waals surface area contributed by atoms with Crippen LogP contribution < -0.4 is 15.0 Å². The number of benzene rings is 2. The summed E-state index contributed by atoms with van der Waals surface area (Å²) in [6, 6.07) is 7.30. The summed E-state index contributed by atoms with van der Waals surface area (Å²) in [5.74, 6) is -0.607. The van der Waals surface area contributed by atoms with Crippen LogP contribution in [0.2, 0.25) is 0 Å². The summed E-state index contributed by atoms with van der Waals surface area (Å²) in [5, 5.41) is 2.33. The lowest BCUT2D eigenvalue weighted by Gasteiger charge is -2.54. The van der Waals surface area contributed by atoms with E-state index in [1.165, 1.54) is 41.0 Å². The van der Waals surface area contributed by atoms with Crippen LogP contribution in [0.15, 0.2) is 66.5 Å². The summed E-state index contributed by atoms with van der Waals surface area (Å²) < 4.78 is 63.3. The van der Waals surface area contributed by atoms with Crippen molar-refractivity contribution >= 4 is 33.3 Å². The Kier molecular flexibility index (Phi) is 11.7. The standard InChI is InChI=1S/C39H49F2N7O5S/c1-6-36(49)44-33-9-8-30(20-32(33)41)54(51,52)47-15-11-28(12-16-47)22-45-17-13-39(14-18-45)23-46(24-39)37-35(21-42-25-43-37)53-34-10-7-29(40)19-31(34)38(50)48(26(2)3)27(4)5/h6-10,19-21,25-28H,1,11-18,22-24H2,2-5H3,(H,44,49). The van der Waals surface area contributed by atoms with Crippen LogP contribution in [-0.2, 0) is 14.8 Å². The molecule has 0 bridgehead atoms. The van der Waals surface area contributed by atoms with Crippen LogP contribution in [0, 0.1) is 23.0 Å². The van der Waals surface area contributed by atoms with Gasteiger partial charge >= 0.3 is 0 Å². The first-order valence-corrected chi connectivity index (χ1v) is 19.9. The number of rotatable bonds is 12. The molecule has 6 rings (SSSR count). The van der Waals surface area contributed by atoms with E-state index in [-0.39, 0.29) is 45.3 Å². The number of halogens is 2. The molecule has 2 amide bonds. The van der Waals surface area contributed by atoms with Gasteiger partial charge in [-0.2, -0.15) is 4.31 Å². The molecule has 0 unspecified atom stereocenters. The van der Waals surface area contributed by atoms with E-state index in [0.717, 1.165) is 70.5 Å². The number of nitrogens with one attached hydrogen (secondary N) is 1. The number of ether oxygens (including phenoxy) is 1. The zero-order valence-electron chi connectivity index (χ0n) is 31.3. The van der Waals surface area contributed by atoms with Gasteiger partial charge in [0.2, 0.25) is 15.9 Å². The van der Waals surface area contributed by atoms with Gasteiger partial charge < -0.3 is 24.8 Å². The van der Waals surface area contributed by atoms with Gasteiger partial charge in [-0.3, -0.25) is 9.59 Å². The highest BCUT2D eigenvalue weighted by Gasteiger charge is 2.46. The number of sulfonamides is 1. The zero-order valence-corrected chi connectivity index (χ0v) is 32.1. The molecule has 15 heteroatoms. The fraction of sp³-hybridized carbons (Fsp3) is 0.487. The minimum atomic E-state index is -3.88. The van der Waals surface area contributed by atoms with Gasteiger partial charge in [-0.15, -0.1) is 0 Å². The largest absolute Gasteiger partial charge is 0.451 e. The second-order valence-electron chi connectivity index (χ2n) is 15.2. The molecule has 12 nitrogen and oxygen atoms in total. The summed E-state index contributed by atoms with van der Waals surface area (Å²) >= 11 is 0. The van der Waals surface area contributed by atoms with Gasteiger partial charge in [0.05, 0.1) is 22.3 Å². The Bertz CT molecular complexity index is 1960. The second-order valence-corrected chi connectivity index (χ2v) is 17.1. The van der Waals surface area contributed by atoms with Gasteiger partial charge in [0, 0.05) is 50.2 Å². The van der Waals surface area contributed by atoms with Crippen molar-refractivity contribution in [2.45, 2.75) is 70.4 Å². The monoisotopic (exact) mass is 765 g/mol. The van der Waals surface area contributed by atoms with Crippen molar-refractivity contribution in [1.82, 2.24) is 24.1 Å². The molecular weight excluding hydrogens is 717 g/mol. The Balaban J connectivity index is 1.01. The Morgan fingerprint density at radius 1 is 1.02 bits per heavy atom. The SMILES string of the molecule is C=CC(=O)Nc1ccc(S(=O)(=O)N2CCC(CN3CCC4(CC3)CN(c3ncncc3Oc3ccc(F)cc3C(=O)N(C(C)C)C(C)C)C4)CC2)cc1F. The normalized spacial score (nSPS) is 18.1. The van der Waals surface area contributed by atoms with E-state index < -0.39 is 27.6 Å². The van der Waals surface area contributed by atoms with Crippen molar-refractivity contribution < 1.29 is 31.5 Å². The van der Waals surface area contributed by atoms with Crippen LogP contribution in [0.5, 0.6) is 11.5 Å². The molecule has 290 valence electrons. The number of hydrogen-bond donors (Lipinski definition) is 1. The lowest BCUT2D eigenvalue weighted by molar-refractivity contribution is -0.111. The molecule has 54 heavy (non-hydrogen) atoms. The van der Waals surface area contributed by atoms with Gasteiger partial charge in [0.15, 0.2) is 11.6 Å². The molecule has 1 spiro atoms. The molecular formula is C39H49F2N7O5S. The van der Waals surface area contributed by atoms with Crippen LogP contribution in [0.3, 0.4) is 0 Å². The van der Waals surface area contributed by atoms with Gasteiger partial charge in [0.1, 0.15) is 23.7 Å². The summed E-state index contributed by atoms with van der Waals surface area (Å²) in [7, 11) is -3.88. The molecule has 3 saturated heterocycles. The summed E-state index contributed by atoms with van der Waals surface area (Å²) in [4.78, 5) is 40.0. The van der Waals surface area contributed by atoms with E-state index in [0.29, 0.717) is 30.6 Å². The fourth-order valence-corrected chi connectivity index (χ4v) is 9.41. The van der Waals surface area contributed by atoms with E-state index >= 15 is 0 Å². The van der Waals surface area contributed by atoms with Crippen molar-refractivity contribution in [2.75, 3.05) is 56.0 Å². The molecule has 3 aliphatic heterocycles. The van der Waals surface area contributed by atoms with Crippen molar-refractivity contribution in [2.24, 2.45) is 11.3 Å². The molecule has 0 atom stereocenters. The molecule has 3 fully saturated rings. The predicted molar refractivity (Wildman–Crippen MR) is 202 cm³/mol. The Hall–Kier alpha value is -4.47. The van der Waals surface area contributed by atoms with E-state index in [2.05, 4.69) is 31.7 Å². The minimum Gasteiger partial charge on any atom is -0.451 e. The van der Waals surface area contributed by atoms with E-state index in [1.807, 2.05) is 27.7 Å². The average Bonchev–Trinajstić information content (AvgIpc) is 3.12. The number of aromatic nitrogens is 2. The number of carbonyl (C=O) groups is 2.